The molecule has 27 heavy (non-hydrogen) atoms. The largest absolute Gasteiger partial charge is 0.716 e. The third kappa shape index (κ3) is 5.02. The first kappa shape index (κ1) is 18.8. The first-order chi connectivity index (χ1) is 13.0. The van der Waals surface area contributed by atoms with Crippen LogP contribution in [-0.2, 0) is 15.4 Å². The van der Waals surface area contributed by atoms with Crippen LogP contribution in [-0.4, -0.2) is 18.0 Å². The summed E-state index contributed by atoms with van der Waals surface area (Å²) in [4.78, 5) is 8.83. The smallest absolute Gasteiger partial charge is 0.262 e. The molecule has 0 fully saturated rings. The first-order valence-corrected chi connectivity index (χ1v) is 9.02. The molecule has 2 aromatic carbocycles. The lowest BCUT2D eigenvalue weighted by Gasteiger charge is -2.19. The third-order valence-corrected chi connectivity index (χ3v) is 4.14. The molecule has 0 N–H and O–H groups in total. The van der Waals surface area contributed by atoms with E-state index >= 15 is 0 Å². The molecule has 0 saturated heterocycles. The highest BCUT2D eigenvalue weighted by Crippen LogP contribution is 2.32. The van der Waals surface area contributed by atoms with Gasteiger partial charge in [0.05, 0.1) is 11.6 Å². The van der Waals surface area contributed by atoms with Gasteiger partial charge in [-0.3, -0.25) is 4.98 Å². The van der Waals surface area contributed by atoms with Crippen molar-refractivity contribution >= 4 is 10.4 Å². The third-order valence-electron chi connectivity index (χ3n) is 3.74. The number of nitrogens with zero attached hydrogens (tertiary/aromatic N) is 1. The van der Waals surface area contributed by atoms with Crippen molar-refractivity contribution in [2.45, 2.75) is 5.92 Å². The molecule has 140 valence electrons. The topological polar surface area (TPSA) is 121 Å². The Morgan fingerprint density at radius 3 is 1.93 bits per heavy atom. The van der Waals surface area contributed by atoms with E-state index in [2.05, 4.69) is 19.1 Å². The normalized spacial score (nSPS) is 12.4. The number of pyridine rings is 1. The van der Waals surface area contributed by atoms with E-state index < -0.39 is 10.4 Å². The van der Waals surface area contributed by atoms with E-state index in [-0.39, 0.29) is 17.4 Å². The summed E-state index contributed by atoms with van der Waals surface area (Å²) in [5, 5.41) is 13.5. The van der Waals surface area contributed by atoms with Gasteiger partial charge in [0.15, 0.2) is 5.75 Å². The van der Waals surface area contributed by atoms with Gasteiger partial charge in [0.1, 0.15) is 5.75 Å². The van der Waals surface area contributed by atoms with Crippen LogP contribution in [0, 0.1) is 0 Å². The molecule has 3 rings (SSSR count). The van der Waals surface area contributed by atoms with Crippen LogP contribution < -0.4 is 14.3 Å². The molecule has 0 aliphatic heterocycles. The van der Waals surface area contributed by atoms with Gasteiger partial charge in [-0.05, 0) is 47.5 Å². The highest BCUT2D eigenvalue weighted by Gasteiger charge is 2.18. The van der Waals surface area contributed by atoms with Crippen LogP contribution in [0.4, 0.5) is 0 Å². The Kier molecular flexibility index (Phi) is 5.67. The summed E-state index contributed by atoms with van der Waals surface area (Å²) < 4.78 is 36.5. The average molecular weight is 387 g/mol. The number of aromatic nitrogens is 1. The SMILES string of the molecule is O=S(=O)([O-])Oc1ccc(C(c2ccc(OO[O-])cc2)c2ccccn2)cc1. The van der Waals surface area contributed by atoms with Crippen LogP contribution >= 0.6 is 0 Å². The van der Waals surface area contributed by atoms with Crippen molar-refractivity contribution in [3.8, 4) is 11.5 Å². The minimum absolute atomic E-state index is 0.0788. The summed E-state index contributed by atoms with van der Waals surface area (Å²) in [5.74, 6) is -0.117. The van der Waals surface area contributed by atoms with E-state index in [1.54, 1.807) is 48.7 Å². The molecule has 0 spiro atoms. The van der Waals surface area contributed by atoms with Gasteiger partial charge in [-0.1, -0.05) is 30.3 Å². The predicted octanol–water partition coefficient (Wildman–Crippen LogP) is 1.69. The summed E-state index contributed by atoms with van der Waals surface area (Å²) in [7, 11) is -4.84. The van der Waals surface area contributed by atoms with Crippen LogP contribution in [0.3, 0.4) is 0 Å². The average Bonchev–Trinajstić information content (AvgIpc) is 2.65. The molecule has 0 aliphatic carbocycles. The summed E-state index contributed by atoms with van der Waals surface area (Å²) in [6.07, 6.45) is 1.66. The maximum Gasteiger partial charge on any atom is 0.262 e. The zero-order valence-electron chi connectivity index (χ0n) is 13.7. The molecule has 3 aromatic rings. The van der Waals surface area contributed by atoms with Gasteiger partial charge >= 0.3 is 0 Å². The zero-order chi connectivity index (χ0) is 19.3. The van der Waals surface area contributed by atoms with Crippen LogP contribution in [0.5, 0.6) is 11.5 Å². The second-order valence-electron chi connectivity index (χ2n) is 5.47. The number of hydrogen-bond acceptors (Lipinski definition) is 8. The molecule has 0 aliphatic rings. The Hall–Kier alpha value is -2.98. The molecule has 1 aromatic heterocycles. The minimum atomic E-state index is -4.84. The van der Waals surface area contributed by atoms with Crippen LogP contribution in [0.2, 0.25) is 0 Å². The molecular weight excluding hydrogens is 374 g/mol. The first-order valence-electron chi connectivity index (χ1n) is 7.69. The fourth-order valence-electron chi connectivity index (χ4n) is 2.67. The van der Waals surface area contributed by atoms with E-state index in [1.807, 2.05) is 12.1 Å². The van der Waals surface area contributed by atoms with Crippen molar-refractivity contribution < 1.29 is 32.3 Å². The Bertz CT molecular complexity index is 974. The maximum atomic E-state index is 10.7. The summed E-state index contributed by atoms with van der Waals surface area (Å²) in [5.41, 5.74) is 2.38. The fourth-order valence-corrected chi connectivity index (χ4v) is 3.02. The fraction of sp³-hybridized carbons (Fsp3) is 0.0556. The van der Waals surface area contributed by atoms with E-state index in [0.717, 1.165) is 16.8 Å². The van der Waals surface area contributed by atoms with E-state index in [9.17, 15) is 18.2 Å². The monoisotopic (exact) mass is 387 g/mol. The summed E-state index contributed by atoms with van der Waals surface area (Å²) in [6.45, 7) is 0. The highest BCUT2D eigenvalue weighted by atomic mass is 32.3. The van der Waals surface area contributed by atoms with Gasteiger partial charge < -0.3 is 18.9 Å². The maximum absolute atomic E-state index is 10.7. The number of rotatable bonds is 7. The molecule has 9 heteroatoms. The molecule has 1 heterocycles. The zero-order valence-corrected chi connectivity index (χ0v) is 14.5. The van der Waals surface area contributed by atoms with Crippen molar-refractivity contribution in [1.29, 1.82) is 0 Å². The lowest BCUT2D eigenvalue weighted by molar-refractivity contribution is -0.778. The number of hydrogen-bond donors (Lipinski definition) is 0. The summed E-state index contributed by atoms with van der Waals surface area (Å²) in [6, 6.07) is 18.2. The van der Waals surface area contributed by atoms with E-state index in [1.165, 1.54) is 12.1 Å². The standard InChI is InChI=1S/C18H15NO7S/c20-26-24-15-8-4-13(5-9-15)18(17-3-1-2-12-19-17)14-6-10-16(11-7-14)25-27(21,22)23/h1-12,18,20H,(H,21,22,23)/p-2. The van der Waals surface area contributed by atoms with Gasteiger partial charge in [-0.15, -0.1) is 0 Å². The van der Waals surface area contributed by atoms with E-state index in [0.29, 0.717) is 0 Å². The molecule has 0 amide bonds. The quantitative estimate of drug-likeness (QED) is 0.260. The lowest BCUT2D eigenvalue weighted by atomic mass is 9.88. The Labute approximate surface area is 155 Å². The Morgan fingerprint density at radius 1 is 0.852 bits per heavy atom. The van der Waals surface area contributed by atoms with Crippen molar-refractivity contribution in [1.82, 2.24) is 4.98 Å². The van der Waals surface area contributed by atoms with Gasteiger partial charge in [0, 0.05) is 6.20 Å². The molecule has 0 radical (unpaired) electrons. The van der Waals surface area contributed by atoms with Crippen LogP contribution in [0.25, 0.3) is 0 Å². The summed E-state index contributed by atoms with van der Waals surface area (Å²) >= 11 is 0. The minimum Gasteiger partial charge on any atom is -0.716 e. The van der Waals surface area contributed by atoms with Crippen molar-refractivity contribution in [3.05, 3.63) is 89.7 Å². The van der Waals surface area contributed by atoms with Crippen molar-refractivity contribution in [2.75, 3.05) is 0 Å². The molecular formula is C18H13NO7S-2. The lowest BCUT2D eigenvalue weighted by Crippen LogP contribution is -2.09. The Morgan fingerprint density at radius 2 is 1.44 bits per heavy atom. The molecule has 8 nitrogen and oxygen atoms in total. The molecule has 1 atom stereocenters. The van der Waals surface area contributed by atoms with Gasteiger partial charge in [0.2, 0.25) is 0 Å². The van der Waals surface area contributed by atoms with Gasteiger partial charge in [-0.2, -0.15) is 0 Å². The van der Waals surface area contributed by atoms with E-state index in [4.69, 9.17) is 0 Å². The second-order valence-corrected chi connectivity index (χ2v) is 6.45. The van der Waals surface area contributed by atoms with Crippen molar-refractivity contribution in [2.24, 2.45) is 0 Å². The molecule has 0 saturated carbocycles. The van der Waals surface area contributed by atoms with Gasteiger partial charge in [0.25, 0.3) is 10.4 Å². The molecule has 0 bridgehead atoms. The molecule has 1 unspecified atom stereocenters. The van der Waals surface area contributed by atoms with Crippen LogP contribution in [0.1, 0.15) is 22.7 Å². The number of benzene rings is 2. The van der Waals surface area contributed by atoms with Crippen LogP contribution in [0.15, 0.2) is 72.9 Å². The van der Waals surface area contributed by atoms with Gasteiger partial charge in [-0.25, -0.2) is 13.5 Å². The second kappa shape index (κ2) is 8.14. The Balaban J connectivity index is 1.98. The highest BCUT2D eigenvalue weighted by molar-refractivity contribution is 7.81. The van der Waals surface area contributed by atoms with Crippen molar-refractivity contribution in [3.63, 3.8) is 0 Å². The predicted molar refractivity (Wildman–Crippen MR) is 90.1 cm³/mol.